The molecule has 0 aliphatic rings. The fraction of sp³-hybridized carbons (Fsp3) is 0.667. The quantitative estimate of drug-likeness (QED) is 0.842. The van der Waals surface area contributed by atoms with Gasteiger partial charge in [0.15, 0.2) is 11.5 Å². The predicted molar refractivity (Wildman–Crippen MR) is 89.9 cm³/mol. The minimum absolute atomic E-state index is 0.163. The van der Waals surface area contributed by atoms with Gasteiger partial charge in [-0.3, -0.25) is 0 Å². The Hall–Kier alpha value is -1.42. The summed E-state index contributed by atoms with van der Waals surface area (Å²) in [4.78, 5) is 0. The lowest BCUT2D eigenvalue weighted by atomic mass is 9.81. The SMILES string of the molecule is COc1cc(OC)c(OC)cc1C[NH2+]C(C)(C)CC(C)(C)C. The molecule has 0 unspecified atom stereocenters. The Morgan fingerprint density at radius 2 is 1.32 bits per heavy atom. The van der Waals surface area contributed by atoms with E-state index >= 15 is 0 Å². The monoisotopic (exact) mass is 310 g/mol. The molecule has 0 atom stereocenters. The molecule has 4 nitrogen and oxygen atoms in total. The van der Waals surface area contributed by atoms with E-state index in [1.165, 1.54) is 0 Å². The maximum absolute atomic E-state index is 5.50. The van der Waals surface area contributed by atoms with Crippen LogP contribution < -0.4 is 19.5 Å². The van der Waals surface area contributed by atoms with Crippen molar-refractivity contribution in [3.63, 3.8) is 0 Å². The van der Waals surface area contributed by atoms with E-state index in [1.54, 1.807) is 21.3 Å². The Morgan fingerprint density at radius 3 is 1.77 bits per heavy atom. The minimum Gasteiger partial charge on any atom is -0.496 e. The molecule has 1 aromatic carbocycles. The summed E-state index contributed by atoms with van der Waals surface area (Å²) in [5.41, 5.74) is 1.58. The van der Waals surface area contributed by atoms with Crippen molar-refractivity contribution in [2.45, 2.75) is 53.1 Å². The van der Waals surface area contributed by atoms with E-state index in [-0.39, 0.29) is 5.54 Å². The van der Waals surface area contributed by atoms with Crippen LogP contribution in [0.1, 0.15) is 46.6 Å². The Kier molecular flexibility index (Phi) is 6.12. The fourth-order valence-electron chi connectivity index (χ4n) is 3.08. The first-order valence-corrected chi connectivity index (χ1v) is 7.75. The van der Waals surface area contributed by atoms with Gasteiger partial charge in [-0.2, -0.15) is 0 Å². The highest BCUT2D eigenvalue weighted by Gasteiger charge is 2.28. The Balaban J connectivity index is 2.93. The van der Waals surface area contributed by atoms with Crippen molar-refractivity contribution in [1.29, 1.82) is 0 Å². The van der Waals surface area contributed by atoms with Gasteiger partial charge < -0.3 is 19.5 Å². The molecule has 0 aromatic heterocycles. The maximum Gasteiger partial charge on any atom is 0.164 e. The number of quaternary nitrogens is 1. The molecule has 4 heteroatoms. The van der Waals surface area contributed by atoms with Crippen LogP contribution >= 0.6 is 0 Å². The van der Waals surface area contributed by atoms with Crippen LogP contribution in [0.25, 0.3) is 0 Å². The van der Waals surface area contributed by atoms with Crippen LogP contribution in [0.4, 0.5) is 0 Å². The van der Waals surface area contributed by atoms with Crippen molar-refractivity contribution < 1.29 is 19.5 Å². The van der Waals surface area contributed by atoms with E-state index in [2.05, 4.69) is 39.9 Å². The Bertz CT molecular complexity index is 490. The van der Waals surface area contributed by atoms with Gasteiger partial charge in [0, 0.05) is 12.5 Å². The molecule has 0 saturated heterocycles. The zero-order chi connectivity index (χ0) is 17.0. The topological polar surface area (TPSA) is 44.3 Å². The molecule has 2 N–H and O–H groups in total. The Labute approximate surface area is 135 Å². The number of hydrogen-bond donors (Lipinski definition) is 1. The zero-order valence-corrected chi connectivity index (χ0v) is 15.4. The molecule has 1 aromatic rings. The normalized spacial score (nSPS) is 12.2. The molecule has 126 valence electrons. The average Bonchev–Trinajstić information content (AvgIpc) is 2.41. The molecular formula is C18H32NO3+. The van der Waals surface area contributed by atoms with Crippen LogP contribution in [0, 0.1) is 5.41 Å². The third-order valence-corrected chi connectivity index (χ3v) is 3.65. The predicted octanol–water partition coefficient (Wildman–Crippen LogP) is 2.99. The van der Waals surface area contributed by atoms with E-state index in [0.717, 1.165) is 30.0 Å². The number of benzene rings is 1. The van der Waals surface area contributed by atoms with Crippen LogP contribution in [-0.2, 0) is 6.54 Å². The van der Waals surface area contributed by atoms with E-state index in [4.69, 9.17) is 14.2 Å². The summed E-state index contributed by atoms with van der Waals surface area (Å²) in [6.07, 6.45) is 1.13. The zero-order valence-electron chi connectivity index (χ0n) is 15.4. The summed E-state index contributed by atoms with van der Waals surface area (Å²) in [6.45, 7) is 12.2. The molecule has 0 fully saturated rings. The van der Waals surface area contributed by atoms with Gasteiger partial charge >= 0.3 is 0 Å². The van der Waals surface area contributed by atoms with E-state index in [9.17, 15) is 0 Å². The van der Waals surface area contributed by atoms with Crippen molar-refractivity contribution in [3.05, 3.63) is 17.7 Å². The third-order valence-electron chi connectivity index (χ3n) is 3.65. The van der Waals surface area contributed by atoms with Crippen LogP contribution in [-0.4, -0.2) is 26.9 Å². The van der Waals surface area contributed by atoms with E-state index < -0.39 is 0 Å². The van der Waals surface area contributed by atoms with E-state index in [0.29, 0.717) is 11.2 Å². The molecule has 0 saturated carbocycles. The first-order chi connectivity index (χ1) is 10.1. The summed E-state index contributed by atoms with van der Waals surface area (Å²) in [5, 5.41) is 2.36. The van der Waals surface area contributed by atoms with Gasteiger partial charge in [-0.05, 0) is 25.3 Å². The maximum atomic E-state index is 5.50. The lowest BCUT2D eigenvalue weighted by Crippen LogP contribution is -2.94. The molecule has 0 spiro atoms. The van der Waals surface area contributed by atoms with Gasteiger partial charge in [-0.1, -0.05) is 20.8 Å². The number of rotatable bonds is 7. The number of hydrogen-bond acceptors (Lipinski definition) is 3. The smallest absolute Gasteiger partial charge is 0.164 e. The summed E-state index contributed by atoms with van der Waals surface area (Å²) < 4.78 is 16.2. The van der Waals surface area contributed by atoms with Crippen LogP contribution in [0.2, 0.25) is 0 Å². The number of ether oxygens (including phenoxy) is 3. The summed E-state index contributed by atoms with van der Waals surface area (Å²) in [7, 11) is 4.97. The van der Waals surface area contributed by atoms with Crippen molar-refractivity contribution in [2.75, 3.05) is 21.3 Å². The summed E-state index contributed by atoms with van der Waals surface area (Å²) in [6, 6.07) is 3.89. The molecule has 0 bridgehead atoms. The van der Waals surface area contributed by atoms with Gasteiger partial charge in [-0.15, -0.1) is 0 Å². The van der Waals surface area contributed by atoms with Gasteiger partial charge in [-0.25, -0.2) is 0 Å². The summed E-state index contributed by atoms with van der Waals surface area (Å²) in [5.74, 6) is 2.26. The largest absolute Gasteiger partial charge is 0.496 e. The Morgan fingerprint density at radius 1 is 0.818 bits per heavy atom. The van der Waals surface area contributed by atoms with Gasteiger partial charge in [0.05, 0.1) is 32.4 Å². The number of nitrogens with two attached hydrogens (primary N) is 1. The van der Waals surface area contributed by atoms with Crippen molar-refractivity contribution in [3.8, 4) is 17.2 Å². The molecule has 0 radical (unpaired) electrons. The minimum atomic E-state index is 0.163. The van der Waals surface area contributed by atoms with E-state index in [1.807, 2.05) is 12.1 Å². The van der Waals surface area contributed by atoms with Crippen molar-refractivity contribution >= 4 is 0 Å². The van der Waals surface area contributed by atoms with Gasteiger partial charge in [0.25, 0.3) is 0 Å². The van der Waals surface area contributed by atoms with Gasteiger partial charge in [0.1, 0.15) is 12.3 Å². The highest BCUT2D eigenvalue weighted by Crippen LogP contribution is 2.34. The lowest BCUT2D eigenvalue weighted by molar-refractivity contribution is -0.737. The average molecular weight is 310 g/mol. The van der Waals surface area contributed by atoms with Crippen LogP contribution in [0.3, 0.4) is 0 Å². The van der Waals surface area contributed by atoms with Crippen molar-refractivity contribution in [1.82, 2.24) is 0 Å². The lowest BCUT2D eigenvalue weighted by Gasteiger charge is -2.30. The standard InChI is InChI=1S/C18H31NO3/c1-17(2,3)12-18(4,5)19-11-13-9-15(21-7)16(22-8)10-14(13)20-6/h9-10,19H,11-12H2,1-8H3/p+1. The molecule has 0 amide bonds. The third kappa shape index (κ3) is 5.41. The first kappa shape index (κ1) is 18.6. The molecule has 0 aliphatic carbocycles. The highest BCUT2D eigenvalue weighted by molar-refractivity contribution is 5.50. The molecule has 1 rings (SSSR count). The second-order valence-electron chi connectivity index (χ2n) is 7.65. The molecule has 22 heavy (non-hydrogen) atoms. The second kappa shape index (κ2) is 7.23. The first-order valence-electron chi connectivity index (χ1n) is 7.75. The molecule has 0 heterocycles. The fourth-order valence-corrected chi connectivity index (χ4v) is 3.08. The number of methoxy groups -OCH3 is 3. The van der Waals surface area contributed by atoms with Crippen LogP contribution in [0.15, 0.2) is 12.1 Å². The highest BCUT2D eigenvalue weighted by atomic mass is 16.5. The van der Waals surface area contributed by atoms with Gasteiger partial charge in [0.2, 0.25) is 0 Å². The second-order valence-corrected chi connectivity index (χ2v) is 7.65. The molecular weight excluding hydrogens is 278 g/mol. The van der Waals surface area contributed by atoms with Crippen molar-refractivity contribution in [2.24, 2.45) is 5.41 Å². The van der Waals surface area contributed by atoms with Crippen LogP contribution in [0.5, 0.6) is 17.2 Å². The summed E-state index contributed by atoms with van der Waals surface area (Å²) >= 11 is 0. The molecule has 0 aliphatic heterocycles.